The molecule has 0 spiro atoms. The van der Waals surface area contributed by atoms with E-state index in [2.05, 4.69) is 19.7 Å². The van der Waals surface area contributed by atoms with Gasteiger partial charge in [0.25, 0.3) is 0 Å². The Morgan fingerprint density at radius 3 is 3.07 bits per heavy atom. The molecule has 5 nitrogen and oxygen atoms in total. The lowest BCUT2D eigenvalue weighted by Crippen LogP contribution is -2.05. The molecule has 2 rings (SSSR count). The van der Waals surface area contributed by atoms with E-state index in [4.69, 9.17) is 11.6 Å². The molecular weight excluding hydrogens is 206 g/mol. The van der Waals surface area contributed by atoms with Crippen molar-refractivity contribution in [2.45, 2.75) is 0 Å². The molecule has 0 aliphatic heterocycles. The summed E-state index contributed by atoms with van der Waals surface area (Å²) in [5, 5.41) is 0.891. The van der Waals surface area contributed by atoms with E-state index in [1.807, 2.05) is 0 Å². The van der Waals surface area contributed by atoms with Crippen molar-refractivity contribution in [2.75, 3.05) is 7.11 Å². The number of aromatic amines is 1. The van der Waals surface area contributed by atoms with Gasteiger partial charge in [-0.15, -0.1) is 0 Å². The molecule has 1 N–H and O–H groups in total. The minimum atomic E-state index is -0.529. The zero-order valence-corrected chi connectivity index (χ0v) is 8.00. The van der Waals surface area contributed by atoms with Gasteiger partial charge < -0.3 is 9.72 Å². The predicted molar refractivity (Wildman–Crippen MR) is 50.2 cm³/mol. The van der Waals surface area contributed by atoms with Crippen LogP contribution in [0.5, 0.6) is 0 Å². The van der Waals surface area contributed by atoms with Gasteiger partial charge in [-0.2, -0.15) is 0 Å². The molecule has 0 aliphatic carbocycles. The minimum absolute atomic E-state index is 0.170. The summed E-state index contributed by atoms with van der Waals surface area (Å²) in [5.74, 6) is -0.529. The molecule has 0 bridgehead atoms. The van der Waals surface area contributed by atoms with Crippen LogP contribution in [-0.4, -0.2) is 28.0 Å². The number of nitrogens with zero attached hydrogens (tertiary/aromatic N) is 2. The Morgan fingerprint density at radius 1 is 1.57 bits per heavy atom. The van der Waals surface area contributed by atoms with E-state index in [0.717, 1.165) is 0 Å². The van der Waals surface area contributed by atoms with Crippen LogP contribution >= 0.6 is 11.6 Å². The molecule has 0 unspecified atom stereocenters. The Kier molecular flexibility index (Phi) is 2.09. The molecule has 2 heterocycles. The summed E-state index contributed by atoms with van der Waals surface area (Å²) in [6, 6.07) is 0. The molecule has 0 aliphatic rings. The van der Waals surface area contributed by atoms with Crippen molar-refractivity contribution in [2.24, 2.45) is 0 Å². The van der Waals surface area contributed by atoms with Crippen LogP contribution in [0.15, 0.2) is 12.5 Å². The molecule has 6 heteroatoms. The maximum Gasteiger partial charge on any atom is 0.357 e. The second-order valence-electron chi connectivity index (χ2n) is 2.57. The molecule has 0 fully saturated rings. The van der Waals surface area contributed by atoms with E-state index in [0.29, 0.717) is 16.1 Å². The normalized spacial score (nSPS) is 10.4. The third-order valence-corrected chi connectivity index (χ3v) is 2.10. The van der Waals surface area contributed by atoms with Crippen LogP contribution in [-0.2, 0) is 4.74 Å². The standard InChI is InChI=1S/C8H6ClN3O2/c1-14-8(13)6-5-4(9)2-10-7(5)12-3-11-6/h2-3H,1H3,(H,10,11,12). The smallest absolute Gasteiger partial charge is 0.357 e. The molecule has 0 aromatic carbocycles. The average Bonchev–Trinajstić information content (AvgIpc) is 2.59. The maximum absolute atomic E-state index is 11.3. The SMILES string of the molecule is COC(=O)c1ncnc2[nH]cc(Cl)c12. The Bertz CT molecular complexity index is 494. The van der Waals surface area contributed by atoms with Crippen LogP contribution in [0, 0.1) is 0 Å². The first kappa shape index (κ1) is 8.96. The van der Waals surface area contributed by atoms with E-state index < -0.39 is 5.97 Å². The fraction of sp³-hybridized carbons (Fsp3) is 0.125. The van der Waals surface area contributed by atoms with Crippen molar-refractivity contribution < 1.29 is 9.53 Å². The number of aromatic nitrogens is 3. The minimum Gasteiger partial charge on any atom is -0.464 e. The van der Waals surface area contributed by atoms with Crippen LogP contribution in [0.4, 0.5) is 0 Å². The van der Waals surface area contributed by atoms with Crippen LogP contribution in [0.3, 0.4) is 0 Å². The van der Waals surface area contributed by atoms with Crippen LogP contribution in [0.25, 0.3) is 11.0 Å². The van der Waals surface area contributed by atoms with Crippen LogP contribution in [0.1, 0.15) is 10.5 Å². The number of nitrogens with one attached hydrogen (secondary N) is 1. The van der Waals surface area contributed by atoms with Crippen molar-refractivity contribution in [3.63, 3.8) is 0 Å². The highest BCUT2D eigenvalue weighted by Crippen LogP contribution is 2.23. The summed E-state index contributed by atoms with van der Waals surface area (Å²) >= 11 is 5.86. The first-order valence-corrected chi connectivity index (χ1v) is 4.17. The van der Waals surface area contributed by atoms with Crippen LogP contribution in [0.2, 0.25) is 5.02 Å². The second kappa shape index (κ2) is 3.26. The summed E-state index contributed by atoms with van der Waals surface area (Å²) in [6.45, 7) is 0. The quantitative estimate of drug-likeness (QED) is 0.724. The summed E-state index contributed by atoms with van der Waals surface area (Å²) in [7, 11) is 1.29. The summed E-state index contributed by atoms with van der Waals surface area (Å²) < 4.78 is 4.57. The van der Waals surface area contributed by atoms with Crippen LogP contribution < -0.4 is 0 Å². The van der Waals surface area contributed by atoms with Gasteiger partial charge in [0.15, 0.2) is 5.69 Å². The zero-order valence-electron chi connectivity index (χ0n) is 7.24. The molecular formula is C8H6ClN3O2. The number of halogens is 1. The number of H-pyrrole nitrogens is 1. The Balaban J connectivity index is 2.75. The van der Waals surface area contributed by atoms with Gasteiger partial charge in [-0.05, 0) is 0 Å². The monoisotopic (exact) mass is 211 g/mol. The largest absolute Gasteiger partial charge is 0.464 e. The summed E-state index contributed by atoms with van der Waals surface area (Å²) in [4.78, 5) is 21.9. The van der Waals surface area contributed by atoms with E-state index in [-0.39, 0.29) is 5.69 Å². The van der Waals surface area contributed by atoms with Gasteiger partial charge in [-0.3, -0.25) is 0 Å². The van der Waals surface area contributed by atoms with Crippen molar-refractivity contribution >= 4 is 28.6 Å². The number of esters is 1. The van der Waals surface area contributed by atoms with Crippen molar-refractivity contribution in [3.8, 4) is 0 Å². The van der Waals surface area contributed by atoms with Crippen molar-refractivity contribution in [1.82, 2.24) is 15.0 Å². The maximum atomic E-state index is 11.3. The van der Waals surface area contributed by atoms with Gasteiger partial charge in [0, 0.05) is 6.20 Å². The predicted octanol–water partition coefficient (Wildman–Crippen LogP) is 1.40. The van der Waals surface area contributed by atoms with Gasteiger partial charge in [0.1, 0.15) is 12.0 Å². The summed E-state index contributed by atoms with van der Waals surface area (Å²) in [5.41, 5.74) is 0.689. The number of hydrogen-bond donors (Lipinski definition) is 1. The van der Waals surface area contributed by atoms with E-state index in [1.165, 1.54) is 13.4 Å². The highest BCUT2D eigenvalue weighted by Gasteiger charge is 2.16. The summed E-state index contributed by atoms with van der Waals surface area (Å²) in [6.07, 6.45) is 2.83. The fourth-order valence-electron chi connectivity index (χ4n) is 1.18. The number of hydrogen-bond acceptors (Lipinski definition) is 4. The van der Waals surface area contributed by atoms with Gasteiger partial charge in [-0.25, -0.2) is 14.8 Å². The average molecular weight is 212 g/mol. The highest BCUT2D eigenvalue weighted by atomic mass is 35.5. The second-order valence-corrected chi connectivity index (χ2v) is 2.98. The number of fused-ring (bicyclic) bond motifs is 1. The number of methoxy groups -OCH3 is 1. The van der Waals surface area contributed by atoms with Crippen molar-refractivity contribution in [1.29, 1.82) is 0 Å². The van der Waals surface area contributed by atoms with Gasteiger partial charge in [0.05, 0.1) is 17.5 Å². The third kappa shape index (κ3) is 1.22. The Morgan fingerprint density at radius 2 is 2.36 bits per heavy atom. The molecule has 2 aromatic heterocycles. The molecule has 72 valence electrons. The molecule has 2 aromatic rings. The molecule has 0 saturated carbocycles. The zero-order chi connectivity index (χ0) is 10.1. The van der Waals surface area contributed by atoms with Gasteiger partial charge in [-0.1, -0.05) is 11.6 Å². The molecule has 14 heavy (non-hydrogen) atoms. The fourth-order valence-corrected chi connectivity index (χ4v) is 1.41. The molecule has 0 radical (unpaired) electrons. The van der Waals surface area contributed by atoms with E-state index in [1.54, 1.807) is 6.20 Å². The first-order chi connectivity index (χ1) is 6.74. The van der Waals surface area contributed by atoms with E-state index in [9.17, 15) is 4.79 Å². The lowest BCUT2D eigenvalue weighted by atomic mass is 10.3. The van der Waals surface area contributed by atoms with E-state index >= 15 is 0 Å². The number of ether oxygens (including phenoxy) is 1. The molecule has 0 amide bonds. The molecule has 0 atom stereocenters. The molecule has 0 saturated heterocycles. The lowest BCUT2D eigenvalue weighted by molar-refractivity contribution is 0.0596. The lowest BCUT2D eigenvalue weighted by Gasteiger charge is -1.98. The van der Waals surface area contributed by atoms with Gasteiger partial charge in [0.2, 0.25) is 0 Å². The Hall–Kier alpha value is -1.62. The number of rotatable bonds is 1. The third-order valence-electron chi connectivity index (χ3n) is 1.80. The van der Waals surface area contributed by atoms with Gasteiger partial charge >= 0.3 is 5.97 Å². The first-order valence-electron chi connectivity index (χ1n) is 3.80. The highest BCUT2D eigenvalue weighted by molar-refractivity contribution is 6.36. The number of carbonyl (C=O) groups is 1. The number of carbonyl (C=O) groups excluding carboxylic acids is 1. The topological polar surface area (TPSA) is 67.9 Å². The Labute approximate surface area is 84.1 Å². The van der Waals surface area contributed by atoms with Crippen molar-refractivity contribution in [3.05, 3.63) is 23.2 Å².